The van der Waals surface area contributed by atoms with Crippen molar-refractivity contribution in [2.24, 2.45) is 11.7 Å². The molecule has 1 atom stereocenters. The summed E-state index contributed by atoms with van der Waals surface area (Å²) >= 11 is 2.01. The Morgan fingerprint density at radius 1 is 1.27 bits per heavy atom. The van der Waals surface area contributed by atoms with E-state index in [-0.39, 0.29) is 17.7 Å². The molecule has 1 heterocycles. The standard InChI is InChI=1S/C19H19F2IN2O2/c20-14-6-13(5-12-1-2-15(22)8-16(12)21)18(19(23)25)17(7-14)26-10-11-3-4-24-9-11/h1-2,6-8,11,24H,3-5,9-10H2,(H2,23,25). The Labute approximate surface area is 164 Å². The van der Waals surface area contributed by atoms with Crippen LogP contribution in [0.4, 0.5) is 8.78 Å². The van der Waals surface area contributed by atoms with Crippen LogP contribution in [0, 0.1) is 21.1 Å². The van der Waals surface area contributed by atoms with E-state index in [9.17, 15) is 13.6 Å². The van der Waals surface area contributed by atoms with E-state index in [0.717, 1.165) is 29.1 Å². The fourth-order valence-electron chi connectivity index (χ4n) is 3.10. The van der Waals surface area contributed by atoms with E-state index in [4.69, 9.17) is 10.5 Å². The second-order valence-electron chi connectivity index (χ2n) is 6.38. The predicted molar refractivity (Wildman–Crippen MR) is 103 cm³/mol. The Morgan fingerprint density at radius 3 is 2.73 bits per heavy atom. The molecule has 1 amide bonds. The van der Waals surface area contributed by atoms with Gasteiger partial charge >= 0.3 is 0 Å². The first-order valence-electron chi connectivity index (χ1n) is 8.33. The van der Waals surface area contributed by atoms with E-state index in [1.54, 1.807) is 12.1 Å². The molecular formula is C19H19F2IN2O2. The Balaban J connectivity index is 1.91. The SMILES string of the molecule is NC(=O)c1c(Cc2ccc(I)cc2F)cc(F)cc1OCC1CCNC1. The van der Waals surface area contributed by atoms with Gasteiger partial charge in [0.25, 0.3) is 5.91 Å². The van der Waals surface area contributed by atoms with Crippen LogP contribution >= 0.6 is 22.6 Å². The summed E-state index contributed by atoms with van der Waals surface area (Å²) in [6.45, 7) is 2.10. The molecule has 3 rings (SSSR count). The molecule has 26 heavy (non-hydrogen) atoms. The van der Waals surface area contributed by atoms with Crippen LogP contribution in [0.1, 0.15) is 27.9 Å². The number of primary amides is 1. The van der Waals surface area contributed by atoms with Gasteiger partial charge in [-0.15, -0.1) is 0 Å². The predicted octanol–water partition coefficient (Wildman–Crippen LogP) is 3.25. The lowest BCUT2D eigenvalue weighted by Crippen LogP contribution is -2.20. The van der Waals surface area contributed by atoms with Crippen LogP contribution in [0.2, 0.25) is 0 Å². The van der Waals surface area contributed by atoms with Crippen LogP contribution in [0.25, 0.3) is 0 Å². The molecular weight excluding hydrogens is 453 g/mol. The van der Waals surface area contributed by atoms with Gasteiger partial charge in [0.05, 0.1) is 12.2 Å². The molecule has 2 aromatic rings. The number of hydrogen-bond donors (Lipinski definition) is 2. The highest BCUT2D eigenvalue weighted by atomic mass is 127. The van der Waals surface area contributed by atoms with Gasteiger partial charge in [0.15, 0.2) is 0 Å². The third kappa shape index (κ3) is 4.50. The number of rotatable bonds is 6. The van der Waals surface area contributed by atoms with Crippen molar-refractivity contribution in [3.8, 4) is 5.75 Å². The molecule has 1 aliphatic rings. The molecule has 0 bridgehead atoms. The average Bonchev–Trinajstić information content (AvgIpc) is 3.08. The molecule has 0 radical (unpaired) electrons. The van der Waals surface area contributed by atoms with Crippen molar-refractivity contribution in [2.75, 3.05) is 19.7 Å². The zero-order valence-electron chi connectivity index (χ0n) is 14.0. The maximum absolute atomic E-state index is 14.2. The third-order valence-corrected chi connectivity index (χ3v) is 5.10. The van der Waals surface area contributed by atoms with E-state index in [2.05, 4.69) is 5.32 Å². The number of carbonyl (C=O) groups excluding carboxylic acids is 1. The van der Waals surface area contributed by atoms with Crippen LogP contribution in [0.15, 0.2) is 30.3 Å². The monoisotopic (exact) mass is 472 g/mol. The Kier molecular flexibility index (Phi) is 6.08. The first-order valence-corrected chi connectivity index (χ1v) is 9.41. The van der Waals surface area contributed by atoms with Crippen molar-refractivity contribution in [3.63, 3.8) is 0 Å². The van der Waals surface area contributed by atoms with Gasteiger partial charge < -0.3 is 15.8 Å². The van der Waals surface area contributed by atoms with Gasteiger partial charge in [0.1, 0.15) is 17.4 Å². The van der Waals surface area contributed by atoms with Crippen molar-refractivity contribution < 1.29 is 18.3 Å². The first kappa shape index (κ1) is 19.0. The molecule has 1 fully saturated rings. The highest BCUT2D eigenvalue weighted by molar-refractivity contribution is 14.1. The van der Waals surface area contributed by atoms with Crippen molar-refractivity contribution in [2.45, 2.75) is 12.8 Å². The van der Waals surface area contributed by atoms with Crippen molar-refractivity contribution >= 4 is 28.5 Å². The number of nitrogens with one attached hydrogen (secondary N) is 1. The van der Waals surface area contributed by atoms with Gasteiger partial charge in [-0.2, -0.15) is 0 Å². The van der Waals surface area contributed by atoms with Crippen LogP contribution in [-0.4, -0.2) is 25.6 Å². The number of amides is 1. The molecule has 1 unspecified atom stereocenters. The highest BCUT2D eigenvalue weighted by Crippen LogP contribution is 2.28. The molecule has 0 aliphatic carbocycles. The number of halogens is 3. The zero-order chi connectivity index (χ0) is 18.7. The van der Waals surface area contributed by atoms with Gasteiger partial charge in [-0.05, 0) is 64.9 Å². The summed E-state index contributed by atoms with van der Waals surface area (Å²) in [4.78, 5) is 12.0. The summed E-state index contributed by atoms with van der Waals surface area (Å²) < 4.78 is 34.7. The van der Waals surface area contributed by atoms with Crippen molar-refractivity contribution in [1.82, 2.24) is 5.32 Å². The molecule has 0 spiro atoms. The molecule has 2 aromatic carbocycles. The Bertz CT molecular complexity index is 823. The second-order valence-corrected chi connectivity index (χ2v) is 7.63. The Morgan fingerprint density at radius 2 is 2.08 bits per heavy atom. The summed E-state index contributed by atoms with van der Waals surface area (Å²) in [6, 6.07) is 7.14. The lowest BCUT2D eigenvalue weighted by molar-refractivity contribution is 0.0994. The minimum atomic E-state index is -0.717. The lowest BCUT2D eigenvalue weighted by Gasteiger charge is -2.16. The average molecular weight is 472 g/mol. The van der Waals surface area contributed by atoms with Crippen molar-refractivity contribution in [1.29, 1.82) is 0 Å². The van der Waals surface area contributed by atoms with Crippen LogP contribution in [0.3, 0.4) is 0 Å². The zero-order valence-corrected chi connectivity index (χ0v) is 16.2. The van der Waals surface area contributed by atoms with Gasteiger partial charge in [-0.25, -0.2) is 8.78 Å². The van der Waals surface area contributed by atoms with Gasteiger partial charge in [0, 0.05) is 28.5 Å². The van der Waals surface area contributed by atoms with Crippen LogP contribution in [-0.2, 0) is 6.42 Å². The molecule has 3 N–H and O–H groups in total. The number of benzene rings is 2. The van der Waals surface area contributed by atoms with E-state index in [0.29, 0.717) is 23.7 Å². The van der Waals surface area contributed by atoms with Gasteiger partial charge in [0.2, 0.25) is 0 Å². The number of ether oxygens (including phenoxy) is 1. The summed E-state index contributed by atoms with van der Waals surface area (Å²) in [7, 11) is 0. The van der Waals surface area contributed by atoms with E-state index in [1.807, 2.05) is 22.6 Å². The highest BCUT2D eigenvalue weighted by Gasteiger charge is 2.21. The molecule has 1 saturated heterocycles. The quantitative estimate of drug-likeness (QED) is 0.635. The van der Waals surface area contributed by atoms with Crippen LogP contribution < -0.4 is 15.8 Å². The fourth-order valence-corrected chi connectivity index (χ4v) is 3.56. The van der Waals surface area contributed by atoms with Gasteiger partial charge in [-0.1, -0.05) is 6.07 Å². The lowest BCUT2D eigenvalue weighted by atomic mass is 9.98. The second kappa shape index (κ2) is 8.30. The fraction of sp³-hybridized carbons (Fsp3) is 0.316. The van der Waals surface area contributed by atoms with E-state index < -0.39 is 17.5 Å². The van der Waals surface area contributed by atoms with E-state index in [1.165, 1.54) is 12.1 Å². The molecule has 138 valence electrons. The Hall–Kier alpha value is -1.74. The minimum absolute atomic E-state index is 0.0557. The van der Waals surface area contributed by atoms with E-state index >= 15 is 0 Å². The summed E-state index contributed by atoms with van der Waals surface area (Å²) in [5, 5.41) is 3.22. The van der Waals surface area contributed by atoms with Crippen LogP contribution in [0.5, 0.6) is 5.75 Å². The number of nitrogens with two attached hydrogens (primary N) is 1. The molecule has 7 heteroatoms. The summed E-state index contributed by atoms with van der Waals surface area (Å²) in [6.07, 6.45) is 1.02. The molecule has 0 aromatic heterocycles. The first-order chi connectivity index (χ1) is 12.4. The normalized spacial score (nSPS) is 16.7. The number of carbonyl (C=O) groups is 1. The maximum atomic E-state index is 14.2. The third-order valence-electron chi connectivity index (χ3n) is 4.43. The molecule has 4 nitrogen and oxygen atoms in total. The summed E-state index contributed by atoms with van der Waals surface area (Å²) in [5.41, 5.74) is 6.31. The smallest absolute Gasteiger partial charge is 0.252 e. The molecule has 0 saturated carbocycles. The number of hydrogen-bond acceptors (Lipinski definition) is 3. The molecule has 1 aliphatic heterocycles. The van der Waals surface area contributed by atoms with Gasteiger partial charge in [-0.3, -0.25) is 4.79 Å². The largest absolute Gasteiger partial charge is 0.492 e. The summed E-state index contributed by atoms with van der Waals surface area (Å²) in [5.74, 6) is -1.25. The topological polar surface area (TPSA) is 64.4 Å². The van der Waals surface area contributed by atoms with Crippen molar-refractivity contribution in [3.05, 3.63) is 62.2 Å². The maximum Gasteiger partial charge on any atom is 0.252 e. The minimum Gasteiger partial charge on any atom is -0.492 e.